The molecule has 0 radical (unpaired) electrons. The molecule has 0 aliphatic heterocycles. The summed E-state index contributed by atoms with van der Waals surface area (Å²) in [6.07, 6.45) is 7.49. The van der Waals surface area contributed by atoms with Crippen molar-refractivity contribution in [2.24, 2.45) is 10.9 Å². The molecule has 0 aromatic carbocycles. The standard InChI is InChI=1S/C13H27N3O2/c1-4-5-6-7-8-9-10-12(17)16(3)11(2)13(14)15-18/h11,18H,4-10H2,1-3H3,(H2,14,15). The molecule has 0 aliphatic carbocycles. The van der Waals surface area contributed by atoms with Crippen LogP contribution in [0.2, 0.25) is 0 Å². The molecule has 0 aromatic heterocycles. The van der Waals surface area contributed by atoms with Gasteiger partial charge in [0, 0.05) is 13.5 Å². The molecular weight excluding hydrogens is 230 g/mol. The molecule has 1 atom stereocenters. The first-order valence-electron chi connectivity index (χ1n) is 6.77. The first-order chi connectivity index (χ1) is 8.54. The van der Waals surface area contributed by atoms with E-state index in [-0.39, 0.29) is 17.8 Å². The van der Waals surface area contributed by atoms with Gasteiger partial charge >= 0.3 is 0 Å². The van der Waals surface area contributed by atoms with Gasteiger partial charge in [0.25, 0.3) is 0 Å². The molecule has 0 fully saturated rings. The van der Waals surface area contributed by atoms with Gasteiger partial charge in [-0.2, -0.15) is 0 Å². The smallest absolute Gasteiger partial charge is 0.222 e. The Balaban J connectivity index is 3.81. The largest absolute Gasteiger partial charge is 0.409 e. The number of carbonyl (C=O) groups excluding carboxylic acids is 1. The van der Waals surface area contributed by atoms with Crippen LogP contribution >= 0.6 is 0 Å². The minimum Gasteiger partial charge on any atom is -0.409 e. The summed E-state index contributed by atoms with van der Waals surface area (Å²) in [7, 11) is 1.68. The fraction of sp³-hybridized carbons (Fsp3) is 0.846. The van der Waals surface area contributed by atoms with Gasteiger partial charge in [0.2, 0.25) is 5.91 Å². The van der Waals surface area contributed by atoms with Gasteiger partial charge in [-0.25, -0.2) is 0 Å². The number of likely N-dealkylation sites (N-methyl/N-ethyl adjacent to an activating group) is 1. The van der Waals surface area contributed by atoms with Gasteiger partial charge in [0.15, 0.2) is 5.84 Å². The Morgan fingerprint density at radius 3 is 2.39 bits per heavy atom. The SMILES string of the molecule is CCCCCCCCC(=O)N(C)C(C)C(N)=NO. The van der Waals surface area contributed by atoms with Crippen molar-refractivity contribution in [3.63, 3.8) is 0 Å². The number of amidine groups is 1. The van der Waals surface area contributed by atoms with E-state index in [9.17, 15) is 4.79 Å². The van der Waals surface area contributed by atoms with Crippen molar-refractivity contribution < 1.29 is 10.0 Å². The Bertz CT molecular complexity index is 267. The summed E-state index contributed by atoms with van der Waals surface area (Å²) in [6.45, 7) is 3.93. The Morgan fingerprint density at radius 1 is 1.28 bits per heavy atom. The van der Waals surface area contributed by atoms with Crippen LogP contribution in [0.25, 0.3) is 0 Å². The van der Waals surface area contributed by atoms with Gasteiger partial charge in [-0.3, -0.25) is 4.79 Å². The molecular formula is C13H27N3O2. The van der Waals surface area contributed by atoms with Gasteiger partial charge in [-0.15, -0.1) is 0 Å². The lowest BCUT2D eigenvalue weighted by Crippen LogP contribution is -2.43. The first kappa shape index (κ1) is 16.7. The average molecular weight is 257 g/mol. The number of rotatable bonds is 9. The highest BCUT2D eigenvalue weighted by molar-refractivity contribution is 5.89. The number of oxime groups is 1. The number of hydrogen-bond donors (Lipinski definition) is 2. The molecule has 0 saturated carbocycles. The van der Waals surface area contributed by atoms with E-state index in [0.29, 0.717) is 6.42 Å². The number of hydrogen-bond acceptors (Lipinski definition) is 3. The summed E-state index contributed by atoms with van der Waals surface area (Å²) in [5.41, 5.74) is 5.47. The molecule has 106 valence electrons. The van der Waals surface area contributed by atoms with Gasteiger partial charge in [0.05, 0.1) is 6.04 Å². The van der Waals surface area contributed by atoms with Crippen molar-refractivity contribution in [3.8, 4) is 0 Å². The monoisotopic (exact) mass is 257 g/mol. The zero-order valence-electron chi connectivity index (χ0n) is 11.9. The molecule has 18 heavy (non-hydrogen) atoms. The molecule has 1 unspecified atom stereocenters. The summed E-state index contributed by atoms with van der Waals surface area (Å²) in [6, 6.07) is -0.359. The van der Waals surface area contributed by atoms with E-state index in [1.54, 1.807) is 14.0 Å². The second-order valence-corrected chi connectivity index (χ2v) is 4.72. The summed E-state index contributed by atoms with van der Waals surface area (Å²) in [5.74, 6) is 0.110. The normalized spacial score (nSPS) is 13.4. The molecule has 0 rings (SSSR count). The van der Waals surface area contributed by atoms with Crippen molar-refractivity contribution in [1.29, 1.82) is 0 Å². The fourth-order valence-electron chi connectivity index (χ4n) is 1.73. The summed E-state index contributed by atoms with van der Waals surface area (Å²) in [5, 5.41) is 11.5. The highest BCUT2D eigenvalue weighted by Crippen LogP contribution is 2.09. The van der Waals surface area contributed by atoms with Crippen LogP contribution in [0.15, 0.2) is 5.16 Å². The predicted octanol–water partition coefficient (Wildman–Crippen LogP) is 2.33. The van der Waals surface area contributed by atoms with Crippen LogP contribution in [0.5, 0.6) is 0 Å². The maximum atomic E-state index is 11.8. The minimum atomic E-state index is -0.359. The highest BCUT2D eigenvalue weighted by atomic mass is 16.4. The first-order valence-corrected chi connectivity index (χ1v) is 6.77. The number of nitrogens with zero attached hydrogens (tertiary/aromatic N) is 2. The third kappa shape index (κ3) is 6.47. The van der Waals surface area contributed by atoms with Crippen molar-refractivity contribution in [1.82, 2.24) is 4.90 Å². The maximum Gasteiger partial charge on any atom is 0.222 e. The van der Waals surface area contributed by atoms with E-state index in [4.69, 9.17) is 10.9 Å². The molecule has 0 saturated heterocycles. The molecule has 3 N–H and O–H groups in total. The maximum absolute atomic E-state index is 11.8. The third-order valence-electron chi connectivity index (χ3n) is 3.26. The topological polar surface area (TPSA) is 78.9 Å². The van der Waals surface area contributed by atoms with Gasteiger partial charge < -0.3 is 15.8 Å². The van der Waals surface area contributed by atoms with Crippen molar-refractivity contribution in [3.05, 3.63) is 0 Å². The highest BCUT2D eigenvalue weighted by Gasteiger charge is 2.18. The van der Waals surface area contributed by atoms with Crippen LogP contribution in [-0.2, 0) is 4.79 Å². The number of carbonyl (C=O) groups is 1. The molecule has 1 amide bonds. The summed E-state index contributed by atoms with van der Waals surface area (Å²) < 4.78 is 0. The van der Waals surface area contributed by atoms with Gasteiger partial charge in [-0.05, 0) is 13.3 Å². The molecule has 0 aromatic rings. The molecule has 0 aliphatic rings. The molecule has 0 bridgehead atoms. The molecule has 5 nitrogen and oxygen atoms in total. The lowest BCUT2D eigenvalue weighted by molar-refractivity contribution is -0.130. The van der Waals surface area contributed by atoms with Crippen molar-refractivity contribution in [2.75, 3.05) is 7.05 Å². The van der Waals surface area contributed by atoms with E-state index in [0.717, 1.165) is 12.8 Å². The Kier molecular flexibility index (Phi) is 9.06. The zero-order valence-corrected chi connectivity index (χ0v) is 11.9. The molecule has 5 heteroatoms. The lowest BCUT2D eigenvalue weighted by Gasteiger charge is -2.23. The predicted molar refractivity (Wildman–Crippen MR) is 73.6 cm³/mol. The van der Waals surface area contributed by atoms with Crippen LogP contribution in [0, 0.1) is 0 Å². The second kappa shape index (κ2) is 9.74. The average Bonchev–Trinajstić information content (AvgIpc) is 2.39. The zero-order chi connectivity index (χ0) is 14.0. The fourth-order valence-corrected chi connectivity index (χ4v) is 1.73. The van der Waals surface area contributed by atoms with E-state index < -0.39 is 0 Å². The van der Waals surface area contributed by atoms with Crippen LogP contribution in [0.1, 0.15) is 58.8 Å². The summed E-state index contributed by atoms with van der Waals surface area (Å²) in [4.78, 5) is 13.4. The van der Waals surface area contributed by atoms with Crippen LogP contribution in [-0.4, -0.2) is 34.9 Å². The van der Waals surface area contributed by atoms with Crippen molar-refractivity contribution in [2.45, 2.75) is 64.8 Å². The van der Waals surface area contributed by atoms with Crippen molar-refractivity contribution >= 4 is 11.7 Å². The Hall–Kier alpha value is -1.26. The third-order valence-corrected chi connectivity index (χ3v) is 3.26. The van der Waals surface area contributed by atoms with Crippen LogP contribution < -0.4 is 5.73 Å². The van der Waals surface area contributed by atoms with Crippen LogP contribution in [0.3, 0.4) is 0 Å². The number of nitrogens with two attached hydrogens (primary N) is 1. The van der Waals surface area contributed by atoms with Gasteiger partial charge in [-0.1, -0.05) is 44.2 Å². The lowest BCUT2D eigenvalue weighted by atomic mass is 10.1. The molecule has 0 heterocycles. The van der Waals surface area contributed by atoms with E-state index in [1.807, 2.05) is 0 Å². The summed E-state index contributed by atoms with van der Waals surface area (Å²) >= 11 is 0. The van der Waals surface area contributed by atoms with E-state index in [1.165, 1.54) is 30.6 Å². The van der Waals surface area contributed by atoms with Gasteiger partial charge in [0.1, 0.15) is 0 Å². The van der Waals surface area contributed by atoms with E-state index in [2.05, 4.69) is 12.1 Å². The molecule has 0 spiro atoms. The minimum absolute atomic E-state index is 0.0459. The van der Waals surface area contributed by atoms with Crippen LogP contribution in [0.4, 0.5) is 0 Å². The quantitative estimate of drug-likeness (QED) is 0.219. The number of unbranched alkanes of at least 4 members (excludes halogenated alkanes) is 5. The Morgan fingerprint density at radius 2 is 1.83 bits per heavy atom. The van der Waals surface area contributed by atoms with E-state index >= 15 is 0 Å². The Labute approximate surface area is 110 Å². The number of amides is 1. The second-order valence-electron chi connectivity index (χ2n) is 4.72.